The summed E-state index contributed by atoms with van der Waals surface area (Å²) >= 11 is 1.53. The van der Waals surface area contributed by atoms with E-state index in [-0.39, 0.29) is 5.43 Å². The van der Waals surface area contributed by atoms with Crippen molar-refractivity contribution in [3.05, 3.63) is 33.4 Å². The molecule has 0 saturated heterocycles. The van der Waals surface area contributed by atoms with Crippen molar-refractivity contribution >= 4 is 21.6 Å². The van der Waals surface area contributed by atoms with E-state index in [0.717, 1.165) is 10.2 Å². The van der Waals surface area contributed by atoms with Crippen molar-refractivity contribution in [2.45, 2.75) is 19.8 Å². The molecule has 0 aliphatic rings. The average Bonchev–Trinajstić information content (AvgIpc) is 2.48. The zero-order chi connectivity index (χ0) is 9.42. The van der Waals surface area contributed by atoms with E-state index >= 15 is 0 Å². The monoisotopic (exact) mass is 193 g/mol. The van der Waals surface area contributed by atoms with Crippen LogP contribution in [0.1, 0.15) is 25.3 Å². The quantitative estimate of drug-likeness (QED) is 0.742. The van der Waals surface area contributed by atoms with E-state index < -0.39 is 0 Å². The number of aromatic amines is 1. The van der Waals surface area contributed by atoms with Gasteiger partial charge in [-0.25, -0.2) is 0 Å². The Morgan fingerprint density at radius 3 is 2.92 bits per heavy atom. The lowest BCUT2D eigenvalue weighted by atomic mass is 10.1. The minimum atomic E-state index is 0.116. The maximum absolute atomic E-state index is 11.4. The molecule has 2 aromatic heterocycles. The van der Waals surface area contributed by atoms with Gasteiger partial charge >= 0.3 is 0 Å². The fraction of sp³-hybridized carbons (Fsp3) is 0.300. The number of thiophene rings is 1. The Morgan fingerprint density at radius 1 is 1.46 bits per heavy atom. The third-order valence-electron chi connectivity index (χ3n) is 2.13. The SMILES string of the molecule is CC(C)c1csc2c(=O)cc[nH]c12. The van der Waals surface area contributed by atoms with Crippen LogP contribution < -0.4 is 5.43 Å². The molecule has 68 valence electrons. The Bertz CT molecular complexity index is 481. The van der Waals surface area contributed by atoms with E-state index in [2.05, 4.69) is 24.2 Å². The molecule has 0 saturated carbocycles. The number of fused-ring (bicyclic) bond motifs is 1. The largest absolute Gasteiger partial charge is 0.360 e. The summed E-state index contributed by atoms with van der Waals surface area (Å²) in [5.74, 6) is 0.465. The first-order valence-electron chi connectivity index (χ1n) is 4.29. The summed E-state index contributed by atoms with van der Waals surface area (Å²) in [5.41, 5.74) is 2.36. The van der Waals surface area contributed by atoms with E-state index in [9.17, 15) is 4.79 Å². The average molecular weight is 193 g/mol. The summed E-state index contributed by atoms with van der Waals surface area (Å²) in [6.07, 6.45) is 1.71. The van der Waals surface area contributed by atoms with E-state index in [1.807, 2.05) is 0 Å². The molecular formula is C10H11NOS. The lowest BCUT2D eigenvalue weighted by Gasteiger charge is -2.01. The lowest BCUT2D eigenvalue weighted by Crippen LogP contribution is -1.97. The van der Waals surface area contributed by atoms with Crippen LogP contribution in [0.2, 0.25) is 0 Å². The van der Waals surface area contributed by atoms with Gasteiger partial charge in [0.25, 0.3) is 0 Å². The molecule has 2 heterocycles. The third kappa shape index (κ3) is 1.29. The van der Waals surface area contributed by atoms with Crippen LogP contribution in [0.15, 0.2) is 22.4 Å². The van der Waals surface area contributed by atoms with Gasteiger partial charge in [-0.2, -0.15) is 0 Å². The molecule has 0 atom stereocenters. The number of nitrogens with one attached hydrogen (secondary N) is 1. The predicted octanol–water partition coefficient (Wildman–Crippen LogP) is 2.71. The van der Waals surface area contributed by atoms with Crippen molar-refractivity contribution in [1.82, 2.24) is 4.98 Å². The van der Waals surface area contributed by atoms with Crippen LogP contribution in [0.5, 0.6) is 0 Å². The molecule has 0 radical (unpaired) electrons. The fourth-order valence-electron chi connectivity index (χ4n) is 1.40. The highest BCUT2D eigenvalue weighted by atomic mass is 32.1. The number of hydrogen-bond donors (Lipinski definition) is 1. The first-order chi connectivity index (χ1) is 6.20. The second kappa shape index (κ2) is 3.00. The zero-order valence-corrected chi connectivity index (χ0v) is 8.44. The van der Waals surface area contributed by atoms with Gasteiger partial charge in [-0.15, -0.1) is 11.3 Å². The molecular weight excluding hydrogens is 182 g/mol. The van der Waals surface area contributed by atoms with Gasteiger partial charge in [0.15, 0.2) is 5.43 Å². The van der Waals surface area contributed by atoms with Gasteiger partial charge in [0.1, 0.15) is 0 Å². The summed E-state index contributed by atoms with van der Waals surface area (Å²) in [4.78, 5) is 14.5. The van der Waals surface area contributed by atoms with E-state index in [1.165, 1.54) is 16.9 Å². The minimum absolute atomic E-state index is 0.116. The van der Waals surface area contributed by atoms with Crippen LogP contribution in [-0.2, 0) is 0 Å². The fourth-order valence-corrected chi connectivity index (χ4v) is 2.52. The topological polar surface area (TPSA) is 32.9 Å². The van der Waals surface area contributed by atoms with Crippen molar-refractivity contribution in [3.8, 4) is 0 Å². The number of pyridine rings is 1. The van der Waals surface area contributed by atoms with Gasteiger partial charge in [-0.05, 0) is 16.9 Å². The highest BCUT2D eigenvalue weighted by Gasteiger charge is 2.08. The number of aromatic nitrogens is 1. The Hall–Kier alpha value is -1.09. The highest BCUT2D eigenvalue weighted by Crippen LogP contribution is 2.26. The summed E-state index contributed by atoms with van der Waals surface area (Å²) < 4.78 is 0.839. The number of rotatable bonds is 1. The maximum Gasteiger partial charge on any atom is 0.199 e. The minimum Gasteiger partial charge on any atom is -0.360 e. The molecule has 1 N–H and O–H groups in total. The van der Waals surface area contributed by atoms with E-state index in [1.54, 1.807) is 12.3 Å². The van der Waals surface area contributed by atoms with Crippen molar-refractivity contribution in [3.63, 3.8) is 0 Å². The summed E-state index contributed by atoms with van der Waals surface area (Å²) in [5, 5.41) is 2.06. The first-order valence-corrected chi connectivity index (χ1v) is 5.17. The molecule has 0 fully saturated rings. The molecule has 2 rings (SSSR count). The van der Waals surface area contributed by atoms with Crippen molar-refractivity contribution < 1.29 is 0 Å². The van der Waals surface area contributed by atoms with Crippen LogP contribution in [0.3, 0.4) is 0 Å². The molecule has 0 spiro atoms. The summed E-state index contributed by atoms with van der Waals surface area (Å²) in [6.45, 7) is 4.26. The van der Waals surface area contributed by atoms with Gasteiger partial charge in [-0.1, -0.05) is 13.8 Å². The Labute approximate surface area is 80.2 Å². The Morgan fingerprint density at radius 2 is 2.23 bits per heavy atom. The van der Waals surface area contributed by atoms with Gasteiger partial charge in [-0.3, -0.25) is 4.79 Å². The molecule has 2 aromatic rings. The first kappa shape index (κ1) is 8.51. The second-order valence-electron chi connectivity index (χ2n) is 3.39. The Kier molecular flexibility index (Phi) is 1.96. The second-order valence-corrected chi connectivity index (χ2v) is 4.27. The van der Waals surface area contributed by atoms with Gasteiger partial charge in [0, 0.05) is 12.3 Å². The molecule has 13 heavy (non-hydrogen) atoms. The normalized spacial score (nSPS) is 11.3. The molecule has 0 aliphatic carbocycles. The number of hydrogen-bond acceptors (Lipinski definition) is 2. The molecule has 3 heteroatoms. The standard InChI is InChI=1S/C10H11NOS/c1-6(2)7-5-13-10-8(12)3-4-11-9(7)10/h3-6H,1-2H3,(H,11,12). The van der Waals surface area contributed by atoms with Crippen LogP contribution in [0.25, 0.3) is 10.2 Å². The van der Waals surface area contributed by atoms with Crippen molar-refractivity contribution in [2.24, 2.45) is 0 Å². The van der Waals surface area contributed by atoms with E-state index in [4.69, 9.17) is 0 Å². The predicted molar refractivity (Wildman–Crippen MR) is 56.5 cm³/mol. The molecule has 0 aromatic carbocycles. The van der Waals surface area contributed by atoms with Crippen molar-refractivity contribution in [2.75, 3.05) is 0 Å². The summed E-state index contributed by atoms with van der Waals surface area (Å²) in [6, 6.07) is 1.57. The van der Waals surface area contributed by atoms with Crippen LogP contribution in [-0.4, -0.2) is 4.98 Å². The Balaban J connectivity index is 2.83. The highest BCUT2D eigenvalue weighted by molar-refractivity contribution is 7.17. The maximum atomic E-state index is 11.4. The van der Waals surface area contributed by atoms with Gasteiger partial charge in [0.05, 0.1) is 10.2 Å². The van der Waals surface area contributed by atoms with Crippen LogP contribution in [0.4, 0.5) is 0 Å². The molecule has 0 unspecified atom stereocenters. The molecule has 0 aliphatic heterocycles. The van der Waals surface area contributed by atoms with Crippen LogP contribution in [0, 0.1) is 0 Å². The smallest absolute Gasteiger partial charge is 0.199 e. The number of H-pyrrole nitrogens is 1. The third-order valence-corrected chi connectivity index (χ3v) is 3.14. The van der Waals surface area contributed by atoms with E-state index in [0.29, 0.717) is 5.92 Å². The van der Waals surface area contributed by atoms with Crippen molar-refractivity contribution in [1.29, 1.82) is 0 Å². The molecule has 0 bridgehead atoms. The van der Waals surface area contributed by atoms with Gasteiger partial charge < -0.3 is 4.98 Å². The summed E-state index contributed by atoms with van der Waals surface area (Å²) in [7, 11) is 0. The molecule has 2 nitrogen and oxygen atoms in total. The molecule has 0 amide bonds. The van der Waals surface area contributed by atoms with Crippen LogP contribution >= 0.6 is 11.3 Å². The zero-order valence-electron chi connectivity index (χ0n) is 7.63. The van der Waals surface area contributed by atoms with Gasteiger partial charge in [0.2, 0.25) is 0 Å². The lowest BCUT2D eigenvalue weighted by molar-refractivity contribution is 0.877.